The molecule has 1 rings (SSSR count). The summed E-state index contributed by atoms with van der Waals surface area (Å²) in [5.74, 6) is -0.949. The van der Waals surface area contributed by atoms with Crippen molar-refractivity contribution in [3.05, 3.63) is 17.5 Å². The van der Waals surface area contributed by atoms with Crippen LogP contribution in [0.5, 0.6) is 0 Å². The van der Waals surface area contributed by atoms with E-state index in [0.717, 1.165) is 11.4 Å². The minimum absolute atomic E-state index is 0.00201. The van der Waals surface area contributed by atoms with Crippen molar-refractivity contribution in [1.82, 2.24) is 15.1 Å². The smallest absolute Gasteiger partial charge is 0.407 e. The largest absolute Gasteiger partial charge is 0.481 e. The SMILES string of the molecule is CCC(CNC(=O)OC(C)(C)C)(Cc1cc(C)nn1C)C(=O)O. The Morgan fingerprint density at radius 1 is 1.39 bits per heavy atom. The number of aryl methyl sites for hydroxylation is 2. The van der Waals surface area contributed by atoms with Gasteiger partial charge in [0.15, 0.2) is 0 Å². The molecule has 0 spiro atoms. The van der Waals surface area contributed by atoms with Crippen LogP contribution in [0.1, 0.15) is 45.5 Å². The number of amides is 1. The van der Waals surface area contributed by atoms with Gasteiger partial charge in [-0.05, 0) is 40.2 Å². The van der Waals surface area contributed by atoms with Crippen LogP contribution >= 0.6 is 0 Å². The Morgan fingerprint density at radius 3 is 2.39 bits per heavy atom. The molecular formula is C16H27N3O4. The number of hydrogen-bond donors (Lipinski definition) is 2. The Hall–Kier alpha value is -2.05. The van der Waals surface area contributed by atoms with Crippen molar-refractivity contribution in [2.24, 2.45) is 12.5 Å². The summed E-state index contributed by atoms with van der Waals surface area (Å²) in [6.07, 6.45) is 0.0479. The van der Waals surface area contributed by atoms with Crippen LogP contribution in [0.2, 0.25) is 0 Å². The summed E-state index contributed by atoms with van der Waals surface area (Å²) >= 11 is 0. The van der Waals surface area contributed by atoms with Gasteiger partial charge in [0.25, 0.3) is 0 Å². The average molecular weight is 325 g/mol. The van der Waals surface area contributed by atoms with E-state index in [0.29, 0.717) is 6.42 Å². The van der Waals surface area contributed by atoms with Gasteiger partial charge in [0.2, 0.25) is 0 Å². The molecule has 1 aromatic heterocycles. The lowest BCUT2D eigenvalue weighted by molar-refractivity contribution is -0.149. The molecule has 23 heavy (non-hydrogen) atoms. The predicted molar refractivity (Wildman–Crippen MR) is 86.2 cm³/mol. The summed E-state index contributed by atoms with van der Waals surface area (Å²) in [5.41, 5.74) is -0.0749. The Bertz CT molecular complexity index is 574. The molecule has 1 amide bonds. The second-order valence-corrected chi connectivity index (χ2v) is 6.87. The van der Waals surface area contributed by atoms with Gasteiger partial charge < -0.3 is 15.2 Å². The number of ether oxygens (including phenoxy) is 1. The fourth-order valence-corrected chi connectivity index (χ4v) is 2.35. The molecule has 1 unspecified atom stereocenters. The van der Waals surface area contributed by atoms with Crippen molar-refractivity contribution >= 4 is 12.1 Å². The summed E-state index contributed by atoms with van der Waals surface area (Å²) in [4.78, 5) is 23.7. The molecule has 7 nitrogen and oxygen atoms in total. The number of carbonyl (C=O) groups excluding carboxylic acids is 1. The zero-order valence-electron chi connectivity index (χ0n) is 14.8. The summed E-state index contributed by atoms with van der Waals surface area (Å²) in [6.45, 7) is 8.93. The van der Waals surface area contributed by atoms with Gasteiger partial charge in [0.1, 0.15) is 5.60 Å². The fourth-order valence-electron chi connectivity index (χ4n) is 2.35. The standard InChI is InChI=1S/C16H27N3O4/c1-7-16(13(20)21,9-12-8-11(2)18-19(12)6)10-17-14(22)23-15(3,4)5/h8H,7,9-10H2,1-6H3,(H,17,22)(H,20,21). The molecule has 0 aromatic carbocycles. The minimum Gasteiger partial charge on any atom is -0.481 e. The van der Waals surface area contributed by atoms with Crippen molar-refractivity contribution < 1.29 is 19.4 Å². The maximum absolute atomic E-state index is 11.9. The number of nitrogens with zero attached hydrogens (tertiary/aromatic N) is 2. The van der Waals surface area contributed by atoms with E-state index in [1.54, 1.807) is 39.4 Å². The zero-order chi connectivity index (χ0) is 17.8. The summed E-state index contributed by atoms with van der Waals surface area (Å²) < 4.78 is 6.85. The molecule has 0 fully saturated rings. The summed E-state index contributed by atoms with van der Waals surface area (Å²) in [5, 5.41) is 16.5. The van der Waals surface area contributed by atoms with Crippen LogP contribution < -0.4 is 5.32 Å². The Morgan fingerprint density at radius 2 is 2.00 bits per heavy atom. The van der Waals surface area contributed by atoms with Crippen molar-refractivity contribution in [1.29, 1.82) is 0 Å². The quantitative estimate of drug-likeness (QED) is 0.837. The molecule has 1 heterocycles. The first-order valence-electron chi connectivity index (χ1n) is 7.69. The zero-order valence-corrected chi connectivity index (χ0v) is 14.8. The molecule has 0 radical (unpaired) electrons. The minimum atomic E-state index is -1.10. The van der Waals surface area contributed by atoms with E-state index in [1.165, 1.54) is 0 Å². The summed E-state index contributed by atoms with van der Waals surface area (Å²) in [6, 6.07) is 1.86. The highest BCUT2D eigenvalue weighted by atomic mass is 16.6. The number of carbonyl (C=O) groups is 2. The summed E-state index contributed by atoms with van der Waals surface area (Å²) in [7, 11) is 1.78. The maximum Gasteiger partial charge on any atom is 0.407 e. The Labute approximate surface area is 137 Å². The second-order valence-electron chi connectivity index (χ2n) is 6.87. The van der Waals surface area contributed by atoms with Crippen LogP contribution in [0.4, 0.5) is 4.79 Å². The molecule has 0 saturated carbocycles. The van der Waals surface area contributed by atoms with E-state index in [-0.39, 0.29) is 13.0 Å². The molecule has 130 valence electrons. The number of alkyl carbamates (subject to hydrolysis) is 1. The van der Waals surface area contributed by atoms with Crippen LogP contribution in [0.15, 0.2) is 6.07 Å². The second kappa shape index (κ2) is 7.02. The Balaban J connectivity index is 2.89. The molecule has 1 aromatic rings. The monoisotopic (exact) mass is 325 g/mol. The van der Waals surface area contributed by atoms with E-state index >= 15 is 0 Å². The molecule has 2 N–H and O–H groups in total. The third kappa shape index (κ3) is 5.26. The lowest BCUT2D eigenvalue weighted by Crippen LogP contribution is -2.45. The van der Waals surface area contributed by atoms with Gasteiger partial charge in [0, 0.05) is 25.7 Å². The number of aromatic nitrogens is 2. The van der Waals surface area contributed by atoms with Gasteiger partial charge >= 0.3 is 12.1 Å². The van der Waals surface area contributed by atoms with Gasteiger partial charge in [-0.2, -0.15) is 5.10 Å². The van der Waals surface area contributed by atoms with Gasteiger partial charge in [0.05, 0.1) is 11.1 Å². The lowest BCUT2D eigenvalue weighted by atomic mass is 9.80. The van der Waals surface area contributed by atoms with Gasteiger partial charge in [-0.3, -0.25) is 9.48 Å². The highest BCUT2D eigenvalue weighted by Gasteiger charge is 2.38. The number of hydrogen-bond acceptors (Lipinski definition) is 4. The Kier molecular flexibility index (Phi) is 5.80. The number of rotatable bonds is 6. The molecular weight excluding hydrogens is 298 g/mol. The number of nitrogens with one attached hydrogen (secondary N) is 1. The highest BCUT2D eigenvalue weighted by Crippen LogP contribution is 2.27. The van der Waals surface area contributed by atoms with E-state index in [9.17, 15) is 14.7 Å². The molecule has 0 aliphatic heterocycles. The number of carboxylic acid groups (broad SMARTS) is 1. The fraction of sp³-hybridized carbons (Fsp3) is 0.688. The first kappa shape index (κ1) is 19.0. The first-order valence-corrected chi connectivity index (χ1v) is 7.69. The average Bonchev–Trinajstić information content (AvgIpc) is 2.70. The van der Waals surface area contributed by atoms with Gasteiger partial charge in [-0.15, -0.1) is 0 Å². The van der Waals surface area contributed by atoms with Gasteiger partial charge in [-0.25, -0.2) is 4.79 Å². The van der Waals surface area contributed by atoms with E-state index in [1.807, 2.05) is 13.0 Å². The van der Waals surface area contributed by atoms with Crippen LogP contribution in [0, 0.1) is 12.3 Å². The number of aliphatic carboxylic acids is 1. The number of carboxylic acids is 1. The van der Waals surface area contributed by atoms with Crippen molar-refractivity contribution in [3.63, 3.8) is 0 Å². The first-order chi connectivity index (χ1) is 10.5. The normalized spacial score (nSPS) is 14.2. The molecule has 7 heteroatoms. The van der Waals surface area contributed by atoms with Crippen LogP contribution in [0.3, 0.4) is 0 Å². The third-order valence-corrected chi connectivity index (χ3v) is 3.72. The van der Waals surface area contributed by atoms with Crippen molar-refractivity contribution in [2.75, 3.05) is 6.54 Å². The molecule has 1 atom stereocenters. The highest BCUT2D eigenvalue weighted by molar-refractivity contribution is 5.76. The van der Waals surface area contributed by atoms with E-state index in [2.05, 4.69) is 10.4 Å². The molecule has 0 aliphatic carbocycles. The van der Waals surface area contributed by atoms with Crippen LogP contribution in [-0.2, 0) is 23.0 Å². The van der Waals surface area contributed by atoms with E-state index < -0.39 is 23.1 Å². The van der Waals surface area contributed by atoms with Crippen LogP contribution in [0.25, 0.3) is 0 Å². The topological polar surface area (TPSA) is 93.5 Å². The van der Waals surface area contributed by atoms with E-state index in [4.69, 9.17) is 4.74 Å². The molecule has 0 bridgehead atoms. The molecule has 0 aliphatic rings. The third-order valence-electron chi connectivity index (χ3n) is 3.72. The van der Waals surface area contributed by atoms with Crippen LogP contribution in [-0.4, -0.2) is 39.1 Å². The maximum atomic E-state index is 11.9. The van der Waals surface area contributed by atoms with Crippen molar-refractivity contribution in [3.8, 4) is 0 Å². The van der Waals surface area contributed by atoms with Gasteiger partial charge in [-0.1, -0.05) is 6.92 Å². The lowest BCUT2D eigenvalue weighted by Gasteiger charge is -2.29. The predicted octanol–water partition coefficient (Wildman–Crippen LogP) is 2.28. The van der Waals surface area contributed by atoms with Crippen molar-refractivity contribution in [2.45, 2.75) is 53.1 Å². The molecule has 0 saturated heterocycles.